The summed E-state index contributed by atoms with van der Waals surface area (Å²) in [7, 11) is 0. The lowest BCUT2D eigenvalue weighted by Crippen LogP contribution is -2.14. The van der Waals surface area contributed by atoms with E-state index < -0.39 is 0 Å². The van der Waals surface area contributed by atoms with Crippen LogP contribution in [0, 0.1) is 11.8 Å². The first kappa shape index (κ1) is 15.8. The van der Waals surface area contributed by atoms with Gasteiger partial charge in [-0.25, -0.2) is 0 Å². The summed E-state index contributed by atoms with van der Waals surface area (Å²) in [6.45, 7) is 4.63. The number of hydrogen-bond acceptors (Lipinski definition) is 0. The van der Waals surface area contributed by atoms with E-state index in [-0.39, 0.29) is 0 Å². The molecule has 2 aliphatic rings. The summed E-state index contributed by atoms with van der Waals surface area (Å²) in [6.07, 6.45) is 16.8. The van der Waals surface area contributed by atoms with Crippen molar-refractivity contribution >= 4 is 0 Å². The zero-order valence-corrected chi connectivity index (χ0v) is 14.5. The Morgan fingerprint density at radius 2 is 2.00 bits per heavy atom. The number of aryl methyl sites for hydroxylation is 1. The van der Waals surface area contributed by atoms with Crippen molar-refractivity contribution < 1.29 is 0 Å². The van der Waals surface area contributed by atoms with E-state index in [9.17, 15) is 0 Å². The largest absolute Gasteiger partial charge is 0.0888 e. The van der Waals surface area contributed by atoms with Gasteiger partial charge in [-0.2, -0.15) is 0 Å². The predicted octanol–water partition coefficient (Wildman–Crippen LogP) is 6.44. The van der Waals surface area contributed by atoms with Crippen molar-refractivity contribution in [3.63, 3.8) is 0 Å². The lowest BCUT2D eigenvalue weighted by atomic mass is 9.80. The molecule has 3 rings (SSSR count). The molecule has 0 spiro atoms. The molecule has 1 fully saturated rings. The Hall–Kier alpha value is -1.04. The summed E-state index contributed by atoms with van der Waals surface area (Å²) in [4.78, 5) is 0. The number of hydrogen-bond donors (Lipinski definition) is 0. The van der Waals surface area contributed by atoms with Crippen LogP contribution in [0.3, 0.4) is 0 Å². The Morgan fingerprint density at radius 1 is 1.09 bits per heavy atom. The van der Waals surface area contributed by atoms with Gasteiger partial charge in [0.15, 0.2) is 0 Å². The first-order valence-electron chi connectivity index (χ1n) is 9.53. The quantitative estimate of drug-likeness (QED) is 0.548. The molecule has 0 amide bonds. The third kappa shape index (κ3) is 3.83. The van der Waals surface area contributed by atoms with Gasteiger partial charge in [-0.1, -0.05) is 50.6 Å². The van der Waals surface area contributed by atoms with Crippen LogP contribution < -0.4 is 0 Å². The van der Waals surface area contributed by atoms with Crippen LogP contribution in [-0.2, 0) is 12.8 Å². The Morgan fingerprint density at radius 3 is 2.77 bits per heavy atom. The first-order chi connectivity index (χ1) is 10.8. The Labute approximate surface area is 137 Å². The van der Waals surface area contributed by atoms with E-state index in [2.05, 4.69) is 44.2 Å². The Kier molecular flexibility index (Phi) is 5.39. The van der Waals surface area contributed by atoms with Crippen LogP contribution in [0.5, 0.6) is 0 Å². The van der Waals surface area contributed by atoms with Gasteiger partial charge in [-0.3, -0.25) is 0 Å². The van der Waals surface area contributed by atoms with Crippen LogP contribution >= 0.6 is 0 Å². The third-order valence-electron chi connectivity index (χ3n) is 5.87. The molecule has 0 aliphatic heterocycles. The second kappa shape index (κ2) is 7.49. The monoisotopic (exact) mass is 296 g/mol. The van der Waals surface area contributed by atoms with E-state index in [1.807, 2.05) is 0 Å². The maximum atomic E-state index is 2.56. The minimum Gasteiger partial charge on any atom is -0.0888 e. The van der Waals surface area contributed by atoms with E-state index in [1.54, 1.807) is 16.7 Å². The number of fused-ring (bicyclic) bond motifs is 1. The number of rotatable bonds is 5. The fraction of sp³-hybridized carbons (Fsp3) is 0.636. The highest BCUT2D eigenvalue weighted by molar-refractivity contribution is 5.36. The standard InChI is InChI=1S/C22H32/c1-3-4-5-6-7-18-9-11-21-16-22(13-12-20(21)15-18)19-10-8-17(2)14-19/h4-5,12-13,16-19H,3,6-11,14-15H2,1-2H3/b5-4+/t17-,18+,19-/m0/s1. The molecule has 3 atom stereocenters. The molecule has 22 heavy (non-hydrogen) atoms. The molecule has 0 radical (unpaired) electrons. The van der Waals surface area contributed by atoms with Crippen LogP contribution in [0.2, 0.25) is 0 Å². The van der Waals surface area contributed by atoms with E-state index >= 15 is 0 Å². The van der Waals surface area contributed by atoms with Crippen molar-refractivity contribution in [2.24, 2.45) is 11.8 Å². The molecule has 0 aromatic heterocycles. The molecule has 120 valence electrons. The average Bonchev–Trinajstić information content (AvgIpc) is 2.97. The van der Waals surface area contributed by atoms with E-state index in [4.69, 9.17) is 0 Å². The summed E-state index contributed by atoms with van der Waals surface area (Å²) in [5, 5.41) is 0. The Bertz CT molecular complexity index is 511. The Balaban J connectivity index is 1.60. The minimum atomic E-state index is 0.845. The SMILES string of the molecule is CC/C=C/CC[C@@H]1CCc2cc([C@H]3CC[C@H](C)C3)ccc2C1. The van der Waals surface area contributed by atoms with E-state index in [1.165, 1.54) is 57.8 Å². The highest BCUT2D eigenvalue weighted by atomic mass is 14.3. The predicted molar refractivity (Wildman–Crippen MR) is 96.4 cm³/mol. The van der Waals surface area contributed by atoms with Gasteiger partial charge in [-0.15, -0.1) is 0 Å². The van der Waals surface area contributed by atoms with Crippen LogP contribution in [0.4, 0.5) is 0 Å². The van der Waals surface area contributed by atoms with Gasteiger partial charge in [-0.05, 0) is 85.8 Å². The molecule has 0 saturated heterocycles. The summed E-state index contributed by atoms with van der Waals surface area (Å²) in [6, 6.07) is 7.47. The van der Waals surface area contributed by atoms with Crippen molar-refractivity contribution in [1.82, 2.24) is 0 Å². The van der Waals surface area contributed by atoms with E-state index in [0.717, 1.165) is 17.8 Å². The molecule has 1 aromatic rings. The van der Waals surface area contributed by atoms with Gasteiger partial charge in [0, 0.05) is 0 Å². The topological polar surface area (TPSA) is 0 Å². The van der Waals surface area contributed by atoms with Gasteiger partial charge in [0.2, 0.25) is 0 Å². The maximum absolute atomic E-state index is 2.56. The molecular weight excluding hydrogens is 264 g/mol. The molecule has 0 N–H and O–H groups in total. The lowest BCUT2D eigenvalue weighted by Gasteiger charge is -2.25. The number of allylic oxidation sites excluding steroid dienone is 2. The molecule has 0 unspecified atom stereocenters. The summed E-state index contributed by atoms with van der Waals surface area (Å²) >= 11 is 0. The van der Waals surface area contributed by atoms with Gasteiger partial charge in [0.05, 0.1) is 0 Å². The van der Waals surface area contributed by atoms with Crippen molar-refractivity contribution in [1.29, 1.82) is 0 Å². The third-order valence-corrected chi connectivity index (χ3v) is 5.87. The second-order valence-electron chi connectivity index (χ2n) is 7.71. The normalized spacial score (nSPS) is 28.2. The van der Waals surface area contributed by atoms with Crippen LogP contribution in [0.1, 0.15) is 81.4 Å². The molecule has 1 aromatic carbocycles. The van der Waals surface area contributed by atoms with Gasteiger partial charge < -0.3 is 0 Å². The average molecular weight is 296 g/mol. The fourth-order valence-corrected chi connectivity index (χ4v) is 4.48. The zero-order chi connectivity index (χ0) is 15.4. The molecule has 0 bridgehead atoms. The van der Waals surface area contributed by atoms with Crippen LogP contribution in [0.25, 0.3) is 0 Å². The van der Waals surface area contributed by atoms with Crippen LogP contribution in [0.15, 0.2) is 30.4 Å². The van der Waals surface area contributed by atoms with Crippen LogP contribution in [-0.4, -0.2) is 0 Å². The van der Waals surface area contributed by atoms with Crippen molar-refractivity contribution in [2.75, 3.05) is 0 Å². The molecular formula is C22H32. The molecule has 2 aliphatic carbocycles. The lowest BCUT2D eigenvalue weighted by molar-refractivity contribution is 0.430. The molecule has 0 heterocycles. The van der Waals surface area contributed by atoms with E-state index in [0.29, 0.717) is 0 Å². The summed E-state index contributed by atoms with van der Waals surface area (Å²) < 4.78 is 0. The summed E-state index contributed by atoms with van der Waals surface area (Å²) in [5.74, 6) is 2.69. The minimum absolute atomic E-state index is 0.845. The molecule has 1 saturated carbocycles. The maximum Gasteiger partial charge on any atom is -0.0159 e. The van der Waals surface area contributed by atoms with Gasteiger partial charge in [0.1, 0.15) is 0 Å². The number of benzene rings is 1. The fourth-order valence-electron chi connectivity index (χ4n) is 4.48. The van der Waals surface area contributed by atoms with Gasteiger partial charge in [0.25, 0.3) is 0 Å². The molecule has 0 nitrogen and oxygen atoms in total. The molecule has 0 heteroatoms. The van der Waals surface area contributed by atoms with Crippen molar-refractivity contribution in [3.05, 3.63) is 47.0 Å². The highest BCUT2D eigenvalue weighted by Crippen LogP contribution is 2.39. The first-order valence-corrected chi connectivity index (χ1v) is 9.53. The zero-order valence-electron chi connectivity index (χ0n) is 14.5. The summed E-state index contributed by atoms with van der Waals surface area (Å²) in [5.41, 5.74) is 4.94. The van der Waals surface area contributed by atoms with Crippen molar-refractivity contribution in [3.8, 4) is 0 Å². The van der Waals surface area contributed by atoms with Gasteiger partial charge >= 0.3 is 0 Å². The smallest absolute Gasteiger partial charge is 0.0159 e. The van der Waals surface area contributed by atoms with Crippen molar-refractivity contribution in [2.45, 2.75) is 77.6 Å². The second-order valence-corrected chi connectivity index (χ2v) is 7.71. The highest BCUT2D eigenvalue weighted by Gasteiger charge is 2.24.